The van der Waals surface area contributed by atoms with Crippen LogP contribution in [0.25, 0.3) is 0 Å². The Morgan fingerprint density at radius 1 is 1.50 bits per heavy atom. The van der Waals surface area contributed by atoms with Gasteiger partial charge in [-0.05, 0) is 0 Å². The summed E-state index contributed by atoms with van der Waals surface area (Å²) in [4.78, 5) is 10.6. The van der Waals surface area contributed by atoms with Gasteiger partial charge in [0.25, 0.3) is 0 Å². The van der Waals surface area contributed by atoms with E-state index in [-0.39, 0.29) is 29.2 Å². The lowest BCUT2D eigenvalue weighted by molar-refractivity contribution is -0.143. The fourth-order valence-electron chi connectivity index (χ4n) is 0.322. The van der Waals surface area contributed by atoms with Crippen LogP contribution >= 0.6 is 39.1 Å². The van der Waals surface area contributed by atoms with Crippen molar-refractivity contribution in [2.75, 3.05) is 17.1 Å². The molecule has 0 amide bonds. The summed E-state index contributed by atoms with van der Waals surface area (Å²) in [5.41, 5.74) is 0. The SMILES string of the molecule is O=C(CBr)OC(CCl)CCl. The van der Waals surface area contributed by atoms with Crippen molar-refractivity contribution in [3.8, 4) is 0 Å². The molecule has 0 heterocycles. The third-order valence-corrected chi connectivity index (χ3v) is 1.90. The number of alkyl halides is 3. The second-order valence-corrected chi connectivity index (χ2v) is 2.73. The summed E-state index contributed by atoms with van der Waals surface area (Å²) in [5.74, 6) is 0.135. The van der Waals surface area contributed by atoms with Crippen molar-refractivity contribution in [1.82, 2.24) is 0 Å². The van der Waals surface area contributed by atoms with Crippen molar-refractivity contribution in [3.05, 3.63) is 0 Å². The van der Waals surface area contributed by atoms with Crippen LogP contribution in [-0.4, -0.2) is 29.2 Å². The molecule has 0 N–H and O–H groups in total. The highest BCUT2D eigenvalue weighted by Gasteiger charge is 2.09. The molecule has 0 unspecified atom stereocenters. The van der Waals surface area contributed by atoms with E-state index < -0.39 is 0 Å². The molecule has 0 rings (SSSR count). The molecule has 0 aromatic carbocycles. The molecule has 0 aliphatic rings. The first-order valence-corrected chi connectivity index (χ1v) is 4.81. The lowest BCUT2D eigenvalue weighted by Crippen LogP contribution is -2.21. The third-order valence-electron chi connectivity index (χ3n) is 0.751. The van der Waals surface area contributed by atoms with Crippen LogP contribution < -0.4 is 0 Å². The normalized spacial score (nSPS) is 10.0. The number of esters is 1. The van der Waals surface area contributed by atoms with Crippen molar-refractivity contribution >= 4 is 45.1 Å². The van der Waals surface area contributed by atoms with Gasteiger partial charge in [-0.1, -0.05) is 15.9 Å². The van der Waals surface area contributed by atoms with Crippen LogP contribution in [0, 0.1) is 0 Å². The molecule has 10 heavy (non-hydrogen) atoms. The fourth-order valence-corrected chi connectivity index (χ4v) is 0.910. The number of ether oxygens (including phenoxy) is 1. The van der Waals surface area contributed by atoms with Crippen LogP contribution in [0.1, 0.15) is 0 Å². The van der Waals surface area contributed by atoms with Gasteiger partial charge in [-0.2, -0.15) is 0 Å². The topological polar surface area (TPSA) is 26.3 Å². The van der Waals surface area contributed by atoms with Crippen LogP contribution in [0.2, 0.25) is 0 Å². The summed E-state index contributed by atoms with van der Waals surface area (Å²) in [6, 6.07) is 0. The second kappa shape index (κ2) is 6.25. The predicted octanol–water partition coefficient (Wildman–Crippen LogP) is 1.77. The number of carbonyl (C=O) groups excluding carboxylic acids is 1. The Kier molecular flexibility index (Phi) is 6.59. The van der Waals surface area contributed by atoms with Crippen LogP contribution in [0.4, 0.5) is 0 Å². The minimum Gasteiger partial charge on any atom is -0.459 e. The van der Waals surface area contributed by atoms with E-state index in [9.17, 15) is 4.79 Å². The standard InChI is InChI=1S/C5H7BrCl2O2/c6-1-5(9)10-4(2-7)3-8/h4H,1-3H2. The Bertz CT molecular complexity index is 106. The number of carbonyl (C=O) groups is 1. The lowest BCUT2D eigenvalue weighted by Gasteiger charge is -2.09. The molecule has 0 aromatic rings. The smallest absolute Gasteiger partial charge is 0.316 e. The molecule has 0 fully saturated rings. The summed E-state index contributed by atoms with van der Waals surface area (Å²) in [6.45, 7) is 0. The van der Waals surface area contributed by atoms with Gasteiger partial charge in [-0.25, -0.2) is 0 Å². The number of hydrogen-bond donors (Lipinski definition) is 0. The Morgan fingerprint density at radius 3 is 2.30 bits per heavy atom. The number of halogens is 3. The van der Waals surface area contributed by atoms with Crippen molar-refractivity contribution in [2.24, 2.45) is 0 Å². The first-order chi connectivity index (χ1) is 4.74. The van der Waals surface area contributed by atoms with E-state index >= 15 is 0 Å². The van der Waals surface area contributed by atoms with E-state index in [1.807, 2.05) is 0 Å². The van der Waals surface area contributed by atoms with E-state index in [1.165, 1.54) is 0 Å². The van der Waals surface area contributed by atoms with E-state index in [2.05, 4.69) is 15.9 Å². The monoisotopic (exact) mass is 248 g/mol. The molecule has 0 atom stereocenters. The minimum absolute atomic E-state index is 0.178. The highest BCUT2D eigenvalue weighted by molar-refractivity contribution is 9.09. The zero-order valence-corrected chi connectivity index (χ0v) is 8.25. The zero-order valence-electron chi connectivity index (χ0n) is 5.15. The Hall–Kier alpha value is 0.530. The van der Waals surface area contributed by atoms with Gasteiger partial charge < -0.3 is 4.74 Å². The molecule has 5 heteroatoms. The molecular weight excluding hydrogens is 243 g/mol. The van der Waals surface area contributed by atoms with Crippen molar-refractivity contribution in [2.45, 2.75) is 6.10 Å². The van der Waals surface area contributed by atoms with E-state index in [4.69, 9.17) is 27.9 Å². The van der Waals surface area contributed by atoms with Gasteiger partial charge in [0.1, 0.15) is 11.4 Å². The summed E-state index contributed by atoms with van der Waals surface area (Å²) in [5, 5.41) is 0.178. The second-order valence-electron chi connectivity index (χ2n) is 1.55. The molecule has 0 saturated carbocycles. The quantitative estimate of drug-likeness (QED) is 0.561. The maximum atomic E-state index is 10.6. The Labute approximate surface area is 77.9 Å². The molecule has 0 aliphatic heterocycles. The average molecular weight is 250 g/mol. The maximum absolute atomic E-state index is 10.6. The van der Waals surface area contributed by atoms with Crippen molar-refractivity contribution < 1.29 is 9.53 Å². The van der Waals surface area contributed by atoms with Gasteiger partial charge >= 0.3 is 5.97 Å². The first-order valence-electron chi connectivity index (χ1n) is 2.62. The average Bonchev–Trinajstić information content (AvgIpc) is 1.99. The molecule has 0 aromatic heterocycles. The predicted molar refractivity (Wildman–Crippen MR) is 45.1 cm³/mol. The van der Waals surface area contributed by atoms with Gasteiger partial charge in [-0.15, -0.1) is 23.2 Å². The third kappa shape index (κ3) is 4.36. The van der Waals surface area contributed by atoms with E-state index in [1.54, 1.807) is 0 Å². The highest BCUT2D eigenvalue weighted by Crippen LogP contribution is 1.99. The van der Waals surface area contributed by atoms with Gasteiger partial charge in [0, 0.05) is 0 Å². The maximum Gasteiger partial charge on any atom is 0.316 e. The molecule has 0 aliphatic carbocycles. The molecular formula is C5H7BrCl2O2. The summed E-state index contributed by atoms with van der Waals surface area (Å²) in [6.07, 6.45) is -0.367. The van der Waals surface area contributed by atoms with E-state index in [0.29, 0.717) is 0 Å². The Morgan fingerprint density at radius 2 is 2.00 bits per heavy atom. The lowest BCUT2D eigenvalue weighted by atomic mass is 10.5. The first kappa shape index (κ1) is 10.5. The van der Waals surface area contributed by atoms with E-state index in [0.717, 1.165) is 0 Å². The molecule has 2 nitrogen and oxygen atoms in total. The van der Waals surface area contributed by atoms with Crippen molar-refractivity contribution in [3.63, 3.8) is 0 Å². The zero-order chi connectivity index (χ0) is 7.98. The van der Waals surface area contributed by atoms with Crippen LogP contribution in [-0.2, 0) is 9.53 Å². The fraction of sp³-hybridized carbons (Fsp3) is 0.800. The number of rotatable bonds is 4. The largest absolute Gasteiger partial charge is 0.459 e. The van der Waals surface area contributed by atoms with Crippen LogP contribution in [0.15, 0.2) is 0 Å². The molecule has 60 valence electrons. The van der Waals surface area contributed by atoms with Crippen LogP contribution in [0.5, 0.6) is 0 Å². The summed E-state index contributed by atoms with van der Waals surface area (Å²) >= 11 is 13.7. The van der Waals surface area contributed by atoms with Gasteiger partial charge in [0.05, 0.1) is 11.8 Å². The van der Waals surface area contributed by atoms with Crippen molar-refractivity contribution in [1.29, 1.82) is 0 Å². The summed E-state index contributed by atoms with van der Waals surface area (Å²) < 4.78 is 4.75. The number of hydrogen-bond acceptors (Lipinski definition) is 2. The van der Waals surface area contributed by atoms with Gasteiger partial charge in [0.2, 0.25) is 0 Å². The van der Waals surface area contributed by atoms with Gasteiger partial charge in [-0.3, -0.25) is 4.79 Å². The highest BCUT2D eigenvalue weighted by atomic mass is 79.9. The molecule has 0 spiro atoms. The summed E-state index contributed by atoms with van der Waals surface area (Å²) in [7, 11) is 0. The minimum atomic E-state index is -0.367. The Balaban J connectivity index is 3.52. The molecule has 0 saturated heterocycles. The molecule has 0 radical (unpaired) electrons. The van der Waals surface area contributed by atoms with Crippen LogP contribution in [0.3, 0.4) is 0 Å². The molecule has 0 bridgehead atoms. The van der Waals surface area contributed by atoms with Gasteiger partial charge in [0.15, 0.2) is 0 Å².